The van der Waals surface area contributed by atoms with Gasteiger partial charge in [0.2, 0.25) is 5.91 Å². The van der Waals surface area contributed by atoms with Crippen LogP contribution in [-0.4, -0.2) is 29.1 Å². The van der Waals surface area contributed by atoms with Crippen molar-refractivity contribution in [3.63, 3.8) is 0 Å². The minimum atomic E-state index is -0.524. The number of hydrogen-bond donors (Lipinski definition) is 3. The molecule has 0 spiro atoms. The quantitative estimate of drug-likeness (QED) is 0.749. The molecule has 0 atom stereocenters. The number of carbonyl (C=O) groups is 1. The third kappa shape index (κ3) is 2.85. The van der Waals surface area contributed by atoms with E-state index in [1.165, 1.54) is 0 Å². The van der Waals surface area contributed by atoms with E-state index in [-0.39, 0.29) is 5.41 Å². The van der Waals surface area contributed by atoms with Gasteiger partial charge in [0, 0.05) is 12.0 Å². The Morgan fingerprint density at radius 1 is 1.47 bits per heavy atom. The third-order valence-electron chi connectivity index (χ3n) is 3.07. The number of hydrogen-bond acceptors (Lipinski definition) is 4. The van der Waals surface area contributed by atoms with E-state index in [4.69, 9.17) is 9.52 Å². The lowest BCUT2D eigenvalue weighted by atomic mass is 9.84. The van der Waals surface area contributed by atoms with Crippen molar-refractivity contribution >= 4 is 17.0 Å². The normalized spacial score (nSPS) is 11.7. The number of aromatic amines is 1. The van der Waals surface area contributed by atoms with Gasteiger partial charge in [0.05, 0.1) is 5.52 Å². The van der Waals surface area contributed by atoms with Crippen molar-refractivity contribution in [2.75, 3.05) is 13.2 Å². The van der Waals surface area contributed by atoms with Crippen LogP contribution in [0.2, 0.25) is 0 Å². The molecule has 0 fully saturated rings. The Morgan fingerprint density at radius 2 is 2.21 bits per heavy atom. The van der Waals surface area contributed by atoms with Gasteiger partial charge in [0.1, 0.15) is 6.61 Å². The number of amides is 1. The van der Waals surface area contributed by atoms with E-state index in [9.17, 15) is 9.59 Å². The van der Waals surface area contributed by atoms with Crippen molar-refractivity contribution < 1.29 is 14.3 Å². The van der Waals surface area contributed by atoms with Gasteiger partial charge in [-0.15, -0.1) is 0 Å². The second-order valence-corrected chi connectivity index (χ2v) is 5.04. The number of aromatic nitrogens is 1. The molecule has 1 aromatic heterocycles. The summed E-state index contributed by atoms with van der Waals surface area (Å²) in [6.45, 7) is 3.79. The Hall–Kier alpha value is -2.08. The molecule has 6 heteroatoms. The smallest absolute Gasteiger partial charge is 0.408 e. The summed E-state index contributed by atoms with van der Waals surface area (Å²) in [5.41, 5.74) is 1.76. The number of rotatable bonds is 4. The molecule has 0 saturated heterocycles. The Balaban J connectivity index is 2.26. The molecule has 0 unspecified atom stereocenters. The molecule has 1 aromatic carbocycles. The molecule has 1 heterocycles. The number of aliphatic hydroxyl groups excluding tert-OH is 1. The zero-order valence-corrected chi connectivity index (χ0v) is 10.8. The Morgan fingerprint density at radius 3 is 2.89 bits per heavy atom. The van der Waals surface area contributed by atoms with Crippen LogP contribution in [0, 0.1) is 0 Å². The average molecular weight is 264 g/mol. The number of oxazole rings is 1. The number of carbonyl (C=O) groups excluding carboxylic acids is 1. The van der Waals surface area contributed by atoms with Gasteiger partial charge < -0.3 is 14.8 Å². The maximum absolute atomic E-state index is 11.1. The molecule has 19 heavy (non-hydrogen) atoms. The van der Waals surface area contributed by atoms with Crippen LogP contribution in [0.3, 0.4) is 0 Å². The molecule has 0 aliphatic rings. The molecule has 0 aliphatic carbocycles. The highest BCUT2D eigenvalue weighted by molar-refractivity contribution is 5.77. The van der Waals surface area contributed by atoms with Gasteiger partial charge in [-0.05, 0) is 17.7 Å². The van der Waals surface area contributed by atoms with Crippen molar-refractivity contribution in [2.45, 2.75) is 19.3 Å². The van der Waals surface area contributed by atoms with Crippen molar-refractivity contribution in [3.05, 3.63) is 34.3 Å². The minimum absolute atomic E-state index is 0.326. The first-order valence-corrected chi connectivity index (χ1v) is 5.93. The molecular formula is C13H16N2O4. The van der Waals surface area contributed by atoms with Crippen LogP contribution >= 0.6 is 0 Å². The standard InChI is InChI=1S/C13H16N2O4/c1-13(2,7-14-11(17)6-16)8-3-4-10-9(5-8)15-12(18)19-10/h3-5,16H,6-7H2,1-2H3,(H,14,17)(H,15,18). The maximum atomic E-state index is 11.1. The third-order valence-corrected chi connectivity index (χ3v) is 3.07. The lowest BCUT2D eigenvalue weighted by Gasteiger charge is -2.25. The Kier molecular flexibility index (Phi) is 3.44. The second-order valence-electron chi connectivity index (χ2n) is 5.04. The summed E-state index contributed by atoms with van der Waals surface area (Å²) >= 11 is 0. The van der Waals surface area contributed by atoms with E-state index in [0.29, 0.717) is 17.6 Å². The molecule has 0 saturated carbocycles. The van der Waals surface area contributed by atoms with Crippen LogP contribution in [0.15, 0.2) is 27.4 Å². The minimum Gasteiger partial charge on any atom is -0.408 e. The number of nitrogens with one attached hydrogen (secondary N) is 2. The summed E-state index contributed by atoms with van der Waals surface area (Å²) in [6.07, 6.45) is 0. The fraction of sp³-hybridized carbons (Fsp3) is 0.385. The topological polar surface area (TPSA) is 95.3 Å². The fourth-order valence-corrected chi connectivity index (χ4v) is 1.85. The van der Waals surface area contributed by atoms with E-state index in [1.54, 1.807) is 6.07 Å². The number of benzene rings is 1. The first kappa shape index (κ1) is 13.4. The van der Waals surface area contributed by atoms with Gasteiger partial charge >= 0.3 is 5.76 Å². The summed E-state index contributed by atoms with van der Waals surface area (Å²) in [4.78, 5) is 24.8. The molecule has 0 aliphatic heterocycles. The lowest BCUT2D eigenvalue weighted by molar-refractivity contribution is -0.124. The van der Waals surface area contributed by atoms with Crippen LogP contribution in [0.25, 0.3) is 11.1 Å². The molecule has 3 N–H and O–H groups in total. The molecule has 2 rings (SSSR count). The predicted molar refractivity (Wildman–Crippen MR) is 70.0 cm³/mol. The monoisotopic (exact) mass is 264 g/mol. The molecule has 102 valence electrons. The number of fused-ring (bicyclic) bond motifs is 1. The molecule has 0 radical (unpaired) electrons. The van der Waals surface area contributed by atoms with E-state index >= 15 is 0 Å². The van der Waals surface area contributed by atoms with E-state index in [1.807, 2.05) is 26.0 Å². The van der Waals surface area contributed by atoms with Crippen LogP contribution in [-0.2, 0) is 10.2 Å². The van der Waals surface area contributed by atoms with Gasteiger partial charge in [-0.3, -0.25) is 9.78 Å². The first-order valence-electron chi connectivity index (χ1n) is 5.93. The highest BCUT2D eigenvalue weighted by atomic mass is 16.4. The maximum Gasteiger partial charge on any atom is 0.417 e. The largest absolute Gasteiger partial charge is 0.417 e. The average Bonchev–Trinajstić information content (AvgIpc) is 2.74. The highest BCUT2D eigenvalue weighted by Gasteiger charge is 2.22. The van der Waals surface area contributed by atoms with Crippen LogP contribution in [0.4, 0.5) is 0 Å². The van der Waals surface area contributed by atoms with E-state index in [0.717, 1.165) is 5.56 Å². The zero-order valence-electron chi connectivity index (χ0n) is 10.8. The van der Waals surface area contributed by atoms with Gasteiger partial charge in [0.25, 0.3) is 0 Å². The first-order chi connectivity index (χ1) is 8.92. The molecular weight excluding hydrogens is 248 g/mol. The van der Waals surface area contributed by atoms with Crippen LogP contribution in [0.1, 0.15) is 19.4 Å². The predicted octanol–water partition coefficient (Wildman–Crippen LogP) is 0.507. The van der Waals surface area contributed by atoms with Crippen molar-refractivity contribution in [3.8, 4) is 0 Å². The van der Waals surface area contributed by atoms with Crippen molar-refractivity contribution in [1.82, 2.24) is 10.3 Å². The van der Waals surface area contributed by atoms with Crippen LogP contribution < -0.4 is 11.1 Å². The Labute approximate surface area is 109 Å². The molecule has 1 amide bonds. The van der Waals surface area contributed by atoms with Crippen molar-refractivity contribution in [2.24, 2.45) is 0 Å². The summed E-state index contributed by atoms with van der Waals surface area (Å²) in [7, 11) is 0. The van der Waals surface area contributed by atoms with E-state index in [2.05, 4.69) is 10.3 Å². The zero-order chi connectivity index (χ0) is 14.0. The number of aliphatic hydroxyl groups is 1. The number of H-pyrrole nitrogens is 1. The summed E-state index contributed by atoms with van der Waals surface area (Å²) in [6, 6.07) is 5.40. The molecule has 2 aromatic rings. The summed E-state index contributed by atoms with van der Waals surface area (Å²) < 4.78 is 4.94. The van der Waals surface area contributed by atoms with Gasteiger partial charge in [0.15, 0.2) is 5.58 Å². The second kappa shape index (κ2) is 4.89. The van der Waals surface area contributed by atoms with Crippen LogP contribution in [0.5, 0.6) is 0 Å². The van der Waals surface area contributed by atoms with Gasteiger partial charge in [-0.1, -0.05) is 19.9 Å². The fourth-order valence-electron chi connectivity index (χ4n) is 1.85. The Bertz CT molecular complexity index is 654. The van der Waals surface area contributed by atoms with Gasteiger partial charge in [-0.25, -0.2) is 4.79 Å². The highest BCUT2D eigenvalue weighted by Crippen LogP contribution is 2.25. The molecule has 0 bridgehead atoms. The summed E-state index contributed by atoms with van der Waals surface area (Å²) in [5.74, 6) is -0.899. The SMILES string of the molecule is CC(C)(CNC(=O)CO)c1ccc2oc(=O)[nH]c2c1. The molecule has 6 nitrogen and oxygen atoms in total. The van der Waals surface area contributed by atoms with Crippen molar-refractivity contribution in [1.29, 1.82) is 0 Å². The lowest BCUT2D eigenvalue weighted by Crippen LogP contribution is -2.37. The summed E-state index contributed by atoms with van der Waals surface area (Å²) in [5, 5.41) is 11.3. The van der Waals surface area contributed by atoms with E-state index < -0.39 is 18.3 Å². The van der Waals surface area contributed by atoms with Gasteiger partial charge in [-0.2, -0.15) is 0 Å².